The van der Waals surface area contributed by atoms with Gasteiger partial charge in [-0.1, -0.05) is 31.4 Å². The fourth-order valence-electron chi connectivity index (χ4n) is 2.67. The topological polar surface area (TPSA) is 55.4 Å². The maximum absolute atomic E-state index is 13.1. The van der Waals surface area contributed by atoms with Crippen LogP contribution in [0.25, 0.3) is 0 Å². The number of amides is 1. The second-order valence-corrected chi connectivity index (χ2v) is 5.78. The van der Waals surface area contributed by atoms with Gasteiger partial charge in [0.1, 0.15) is 5.82 Å². The van der Waals surface area contributed by atoms with Gasteiger partial charge in [0.2, 0.25) is 0 Å². The lowest BCUT2D eigenvalue weighted by molar-refractivity contribution is -0.154. The Morgan fingerprint density at radius 2 is 2.05 bits per heavy atom. The number of halogens is 1. The van der Waals surface area contributed by atoms with Crippen LogP contribution < -0.4 is 5.32 Å². The predicted octanol–water partition coefficient (Wildman–Crippen LogP) is 2.75. The van der Waals surface area contributed by atoms with Crippen LogP contribution >= 0.6 is 0 Å². The van der Waals surface area contributed by atoms with Crippen molar-refractivity contribution >= 4 is 11.9 Å². The molecule has 4 nitrogen and oxygen atoms in total. The zero-order valence-electron chi connectivity index (χ0n) is 12.8. The van der Waals surface area contributed by atoms with E-state index in [1.54, 1.807) is 13.0 Å². The molecule has 0 heterocycles. The van der Waals surface area contributed by atoms with E-state index in [2.05, 4.69) is 5.32 Å². The lowest BCUT2D eigenvalue weighted by Gasteiger charge is -2.24. The van der Waals surface area contributed by atoms with Crippen molar-refractivity contribution in [2.24, 2.45) is 0 Å². The third kappa shape index (κ3) is 5.13. The van der Waals surface area contributed by atoms with Gasteiger partial charge in [0.05, 0.1) is 6.42 Å². The van der Waals surface area contributed by atoms with Crippen LogP contribution in [0.15, 0.2) is 24.3 Å². The monoisotopic (exact) mass is 307 g/mol. The third-order valence-corrected chi connectivity index (χ3v) is 3.87. The largest absolute Gasteiger partial charge is 0.452 e. The Bertz CT molecular complexity index is 526. The first-order chi connectivity index (χ1) is 10.5. The fraction of sp³-hybridized carbons (Fsp3) is 0.529. The lowest BCUT2D eigenvalue weighted by atomic mass is 9.95. The van der Waals surface area contributed by atoms with Gasteiger partial charge in [-0.15, -0.1) is 0 Å². The van der Waals surface area contributed by atoms with E-state index < -0.39 is 17.9 Å². The summed E-state index contributed by atoms with van der Waals surface area (Å²) >= 11 is 0. The van der Waals surface area contributed by atoms with Crippen LogP contribution in [-0.2, 0) is 20.7 Å². The van der Waals surface area contributed by atoms with E-state index >= 15 is 0 Å². The summed E-state index contributed by atoms with van der Waals surface area (Å²) in [5, 5.41) is 2.92. The van der Waals surface area contributed by atoms with E-state index in [1.807, 2.05) is 0 Å². The molecule has 1 amide bonds. The van der Waals surface area contributed by atoms with Crippen molar-refractivity contribution in [2.75, 3.05) is 0 Å². The maximum atomic E-state index is 13.1. The van der Waals surface area contributed by atoms with Crippen molar-refractivity contribution in [3.8, 4) is 0 Å². The van der Waals surface area contributed by atoms with Gasteiger partial charge in [0, 0.05) is 6.04 Å². The number of benzene rings is 1. The van der Waals surface area contributed by atoms with Gasteiger partial charge in [-0.05, 0) is 37.5 Å². The normalized spacial score (nSPS) is 16.8. The van der Waals surface area contributed by atoms with Crippen molar-refractivity contribution in [3.63, 3.8) is 0 Å². The molecule has 0 saturated heterocycles. The standard InChI is InChI=1S/C17H22FNO3/c1-12(17(21)19-15-8-3-2-4-9-15)22-16(20)11-13-6-5-7-14(18)10-13/h5-7,10,12,15H,2-4,8-9,11H2,1H3,(H,19,21)/t12-/m1/s1. The molecule has 0 unspecified atom stereocenters. The van der Waals surface area contributed by atoms with Crippen LogP contribution in [0.1, 0.15) is 44.6 Å². The smallest absolute Gasteiger partial charge is 0.311 e. The quantitative estimate of drug-likeness (QED) is 0.851. The number of hydrogen-bond donors (Lipinski definition) is 1. The molecule has 1 aliphatic carbocycles. The van der Waals surface area contributed by atoms with Crippen molar-refractivity contribution in [3.05, 3.63) is 35.6 Å². The Morgan fingerprint density at radius 3 is 2.73 bits per heavy atom. The third-order valence-electron chi connectivity index (χ3n) is 3.87. The summed E-state index contributed by atoms with van der Waals surface area (Å²) in [6.45, 7) is 1.56. The number of esters is 1. The molecule has 1 N–H and O–H groups in total. The molecule has 1 fully saturated rings. The van der Waals surface area contributed by atoms with E-state index in [-0.39, 0.29) is 18.4 Å². The minimum absolute atomic E-state index is 0.0428. The summed E-state index contributed by atoms with van der Waals surface area (Å²) in [6.07, 6.45) is 4.55. The van der Waals surface area contributed by atoms with Gasteiger partial charge < -0.3 is 10.1 Å². The van der Waals surface area contributed by atoms with Crippen molar-refractivity contribution < 1.29 is 18.7 Å². The highest BCUT2D eigenvalue weighted by Gasteiger charge is 2.22. The van der Waals surface area contributed by atoms with Crippen LogP contribution in [0.5, 0.6) is 0 Å². The molecule has 0 spiro atoms. The zero-order chi connectivity index (χ0) is 15.9. The molecule has 0 bridgehead atoms. The highest BCUT2D eigenvalue weighted by Crippen LogP contribution is 2.17. The van der Waals surface area contributed by atoms with E-state index in [9.17, 15) is 14.0 Å². The van der Waals surface area contributed by atoms with Gasteiger partial charge >= 0.3 is 5.97 Å². The molecule has 5 heteroatoms. The minimum Gasteiger partial charge on any atom is -0.452 e. The van der Waals surface area contributed by atoms with Crippen molar-refractivity contribution in [2.45, 2.75) is 57.6 Å². The molecule has 1 aliphatic rings. The first-order valence-electron chi connectivity index (χ1n) is 7.79. The zero-order valence-corrected chi connectivity index (χ0v) is 12.8. The number of carbonyl (C=O) groups excluding carboxylic acids is 2. The summed E-state index contributed by atoms with van der Waals surface area (Å²) < 4.78 is 18.2. The number of rotatable bonds is 5. The molecule has 22 heavy (non-hydrogen) atoms. The van der Waals surface area contributed by atoms with E-state index in [1.165, 1.54) is 24.6 Å². The molecule has 1 atom stereocenters. The summed E-state index contributed by atoms with van der Waals surface area (Å²) in [4.78, 5) is 23.8. The average molecular weight is 307 g/mol. The highest BCUT2D eigenvalue weighted by molar-refractivity contribution is 5.84. The number of carbonyl (C=O) groups is 2. The molecule has 2 rings (SSSR count). The van der Waals surface area contributed by atoms with Crippen LogP contribution in [0, 0.1) is 5.82 Å². The average Bonchev–Trinajstić information content (AvgIpc) is 2.48. The first-order valence-corrected chi connectivity index (χ1v) is 7.79. The summed E-state index contributed by atoms with van der Waals surface area (Å²) in [5.74, 6) is -1.19. The second kappa shape index (κ2) is 7.92. The Balaban J connectivity index is 1.78. The molecule has 1 aromatic carbocycles. The predicted molar refractivity (Wildman–Crippen MR) is 80.7 cm³/mol. The Hall–Kier alpha value is -1.91. The summed E-state index contributed by atoms with van der Waals surface area (Å²) in [7, 11) is 0. The molecule has 0 aliphatic heterocycles. The van der Waals surface area contributed by atoms with Gasteiger partial charge in [-0.25, -0.2) is 4.39 Å². The SMILES string of the molecule is C[C@@H](OC(=O)Cc1cccc(F)c1)C(=O)NC1CCCCC1. The first kappa shape index (κ1) is 16.5. The summed E-state index contributed by atoms with van der Waals surface area (Å²) in [5.41, 5.74) is 0.532. The molecular formula is C17H22FNO3. The van der Waals surface area contributed by atoms with E-state index in [4.69, 9.17) is 4.74 Å². The van der Waals surface area contributed by atoms with Crippen LogP contribution in [-0.4, -0.2) is 24.0 Å². The summed E-state index contributed by atoms with van der Waals surface area (Å²) in [6, 6.07) is 5.97. The molecule has 120 valence electrons. The lowest BCUT2D eigenvalue weighted by Crippen LogP contribution is -2.42. The molecular weight excluding hydrogens is 285 g/mol. The van der Waals surface area contributed by atoms with Gasteiger partial charge in [-0.2, -0.15) is 0 Å². The highest BCUT2D eigenvalue weighted by atomic mass is 19.1. The minimum atomic E-state index is -0.831. The van der Waals surface area contributed by atoms with E-state index in [0.717, 1.165) is 25.7 Å². The van der Waals surface area contributed by atoms with Gasteiger partial charge in [0.15, 0.2) is 6.10 Å². The van der Waals surface area contributed by atoms with E-state index in [0.29, 0.717) is 5.56 Å². The molecule has 1 saturated carbocycles. The van der Waals surface area contributed by atoms with Crippen LogP contribution in [0.4, 0.5) is 4.39 Å². The fourth-order valence-corrected chi connectivity index (χ4v) is 2.67. The Morgan fingerprint density at radius 1 is 1.32 bits per heavy atom. The molecule has 1 aromatic rings. The van der Waals surface area contributed by atoms with Crippen LogP contribution in [0.2, 0.25) is 0 Å². The Labute approximate surface area is 130 Å². The number of ether oxygens (including phenoxy) is 1. The Kier molecular flexibility index (Phi) is 5.92. The second-order valence-electron chi connectivity index (χ2n) is 5.78. The van der Waals surface area contributed by atoms with Crippen molar-refractivity contribution in [1.82, 2.24) is 5.32 Å². The van der Waals surface area contributed by atoms with Gasteiger partial charge in [0.25, 0.3) is 5.91 Å². The molecule has 0 aromatic heterocycles. The van der Waals surface area contributed by atoms with Crippen LogP contribution in [0.3, 0.4) is 0 Å². The molecule has 0 radical (unpaired) electrons. The van der Waals surface area contributed by atoms with Crippen molar-refractivity contribution in [1.29, 1.82) is 0 Å². The number of nitrogens with one attached hydrogen (secondary N) is 1. The number of hydrogen-bond acceptors (Lipinski definition) is 3. The van der Waals surface area contributed by atoms with Gasteiger partial charge in [-0.3, -0.25) is 9.59 Å². The maximum Gasteiger partial charge on any atom is 0.311 e.